The number of carbonyl (C=O) groups is 1. The minimum Gasteiger partial charge on any atom is -0.497 e. The number of ether oxygens (including phenoxy) is 2. The number of nitrogens with zero attached hydrogens (tertiary/aromatic N) is 2. The predicted octanol–water partition coefficient (Wildman–Crippen LogP) is 2.05. The van der Waals surface area contributed by atoms with Crippen molar-refractivity contribution < 1.29 is 14.3 Å². The van der Waals surface area contributed by atoms with Gasteiger partial charge in [-0.05, 0) is 36.8 Å². The van der Waals surface area contributed by atoms with Crippen LogP contribution in [0.1, 0.15) is 18.0 Å². The zero-order valence-corrected chi connectivity index (χ0v) is 13.4. The second kappa shape index (κ2) is 6.83. The van der Waals surface area contributed by atoms with E-state index in [0.29, 0.717) is 12.5 Å². The van der Waals surface area contributed by atoms with Gasteiger partial charge in [-0.15, -0.1) is 0 Å². The number of hydrogen-bond donors (Lipinski definition) is 1. The number of carbonyl (C=O) groups excluding carboxylic acids is 1. The molecule has 1 aromatic carbocycles. The van der Waals surface area contributed by atoms with Gasteiger partial charge in [0.15, 0.2) is 0 Å². The van der Waals surface area contributed by atoms with Gasteiger partial charge in [0.25, 0.3) is 0 Å². The zero-order valence-electron chi connectivity index (χ0n) is 13.4. The SMILES string of the molecule is COCC(=O)N1CC[C@@H](c2cc(-c3ccc(OC)cc3)n[nH]2)C1. The average molecular weight is 315 g/mol. The predicted molar refractivity (Wildman–Crippen MR) is 86.4 cm³/mol. The van der Waals surface area contributed by atoms with Gasteiger partial charge < -0.3 is 14.4 Å². The molecule has 0 unspecified atom stereocenters. The molecule has 1 aliphatic rings. The van der Waals surface area contributed by atoms with Crippen LogP contribution in [-0.4, -0.2) is 54.9 Å². The first-order valence-electron chi connectivity index (χ1n) is 7.67. The molecule has 0 aliphatic carbocycles. The Hall–Kier alpha value is -2.34. The number of likely N-dealkylation sites (tertiary alicyclic amines) is 1. The van der Waals surface area contributed by atoms with Crippen molar-refractivity contribution in [3.63, 3.8) is 0 Å². The normalized spacial score (nSPS) is 17.5. The van der Waals surface area contributed by atoms with Gasteiger partial charge in [-0.1, -0.05) is 0 Å². The summed E-state index contributed by atoms with van der Waals surface area (Å²) in [5.41, 5.74) is 3.02. The van der Waals surface area contributed by atoms with E-state index in [1.54, 1.807) is 14.2 Å². The number of rotatable bonds is 5. The van der Waals surface area contributed by atoms with Crippen molar-refractivity contribution in [1.29, 1.82) is 0 Å². The summed E-state index contributed by atoms with van der Waals surface area (Å²) in [6.07, 6.45) is 0.944. The molecular formula is C17H21N3O3. The zero-order chi connectivity index (χ0) is 16.2. The van der Waals surface area contributed by atoms with E-state index in [-0.39, 0.29) is 12.5 Å². The van der Waals surface area contributed by atoms with E-state index >= 15 is 0 Å². The summed E-state index contributed by atoms with van der Waals surface area (Å²) in [5, 5.41) is 7.51. The molecule has 1 aromatic heterocycles. The lowest BCUT2D eigenvalue weighted by molar-refractivity contribution is -0.134. The van der Waals surface area contributed by atoms with Crippen LogP contribution in [0.15, 0.2) is 30.3 Å². The maximum absolute atomic E-state index is 11.9. The van der Waals surface area contributed by atoms with Crippen molar-refractivity contribution in [1.82, 2.24) is 15.1 Å². The number of aromatic amines is 1. The van der Waals surface area contributed by atoms with E-state index < -0.39 is 0 Å². The molecule has 1 saturated heterocycles. The first kappa shape index (κ1) is 15.6. The Kier molecular flexibility index (Phi) is 4.62. The summed E-state index contributed by atoms with van der Waals surface area (Å²) in [6.45, 7) is 1.63. The Morgan fingerprint density at radius 2 is 2.13 bits per heavy atom. The van der Waals surface area contributed by atoms with Crippen molar-refractivity contribution in [2.45, 2.75) is 12.3 Å². The smallest absolute Gasteiger partial charge is 0.248 e. The highest BCUT2D eigenvalue weighted by Crippen LogP contribution is 2.29. The summed E-state index contributed by atoms with van der Waals surface area (Å²) in [6, 6.07) is 9.88. The Morgan fingerprint density at radius 1 is 1.35 bits per heavy atom. The van der Waals surface area contributed by atoms with E-state index in [0.717, 1.165) is 35.7 Å². The van der Waals surface area contributed by atoms with Crippen molar-refractivity contribution in [2.24, 2.45) is 0 Å². The monoisotopic (exact) mass is 315 g/mol. The molecule has 2 aromatic rings. The van der Waals surface area contributed by atoms with Crippen molar-refractivity contribution >= 4 is 5.91 Å². The van der Waals surface area contributed by atoms with E-state index in [1.165, 1.54) is 0 Å². The molecule has 1 aliphatic heterocycles. The molecule has 0 radical (unpaired) electrons. The third kappa shape index (κ3) is 3.37. The highest BCUT2D eigenvalue weighted by Gasteiger charge is 2.28. The van der Waals surface area contributed by atoms with Crippen LogP contribution in [0.25, 0.3) is 11.3 Å². The molecule has 0 spiro atoms. The molecule has 1 N–H and O–H groups in total. The minimum atomic E-state index is 0.0462. The molecule has 6 heteroatoms. The Morgan fingerprint density at radius 3 is 2.83 bits per heavy atom. The van der Waals surface area contributed by atoms with Crippen LogP contribution in [0, 0.1) is 0 Å². The largest absolute Gasteiger partial charge is 0.497 e. The van der Waals surface area contributed by atoms with Crippen molar-refractivity contribution in [3.8, 4) is 17.0 Å². The van der Waals surface area contributed by atoms with E-state index in [9.17, 15) is 4.79 Å². The molecule has 0 saturated carbocycles. The second-order valence-corrected chi connectivity index (χ2v) is 5.70. The van der Waals surface area contributed by atoms with Crippen LogP contribution >= 0.6 is 0 Å². The van der Waals surface area contributed by atoms with E-state index in [1.807, 2.05) is 29.2 Å². The Bertz CT molecular complexity index is 666. The van der Waals surface area contributed by atoms with Crippen molar-refractivity contribution in [2.75, 3.05) is 33.9 Å². The third-order valence-electron chi connectivity index (χ3n) is 4.23. The molecule has 2 heterocycles. The number of aromatic nitrogens is 2. The third-order valence-corrected chi connectivity index (χ3v) is 4.23. The summed E-state index contributed by atoms with van der Waals surface area (Å²) < 4.78 is 10.1. The first-order valence-corrected chi connectivity index (χ1v) is 7.67. The molecule has 122 valence electrons. The van der Waals surface area contributed by atoms with Crippen LogP contribution in [0.4, 0.5) is 0 Å². The fourth-order valence-corrected chi connectivity index (χ4v) is 2.91. The van der Waals surface area contributed by atoms with Crippen LogP contribution in [0.5, 0.6) is 5.75 Å². The van der Waals surface area contributed by atoms with E-state index in [4.69, 9.17) is 9.47 Å². The summed E-state index contributed by atoms with van der Waals surface area (Å²) in [5.74, 6) is 1.17. The summed E-state index contributed by atoms with van der Waals surface area (Å²) in [7, 11) is 3.19. The molecular weight excluding hydrogens is 294 g/mol. The van der Waals surface area contributed by atoms with Gasteiger partial charge in [0.1, 0.15) is 12.4 Å². The van der Waals surface area contributed by atoms with Gasteiger partial charge in [0.05, 0.1) is 12.8 Å². The fraction of sp³-hybridized carbons (Fsp3) is 0.412. The number of hydrogen-bond acceptors (Lipinski definition) is 4. The van der Waals surface area contributed by atoms with Crippen molar-refractivity contribution in [3.05, 3.63) is 36.0 Å². The number of benzene rings is 1. The lowest BCUT2D eigenvalue weighted by Gasteiger charge is -2.15. The number of methoxy groups -OCH3 is 2. The van der Waals surface area contributed by atoms with E-state index in [2.05, 4.69) is 16.3 Å². The lowest BCUT2D eigenvalue weighted by Crippen LogP contribution is -2.31. The van der Waals surface area contributed by atoms with Gasteiger partial charge in [-0.25, -0.2) is 0 Å². The summed E-state index contributed by atoms with van der Waals surface area (Å²) in [4.78, 5) is 13.7. The maximum atomic E-state index is 11.9. The fourth-order valence-electron chi connectivity index (χ4n) is 2.91. The van der Waals surface area contributed by atoms with Crippen LogP contribution in [0.3, 0.4) is 0 Å². The Balaban J connectivity index is 1.68. The van der Waals surface area contributed by atoms with Crippen LogP contribution in [0.2, 0.25) is 0 Å². The van der Waals surface area contributed by atoms with Gasteiger partial charge in [-0.2, -0.15) is 5.10 Å². The quantitative estimate of drug-likeness (QED) is 0.917. The van der Waals surface area contributed by atoms with Crippen LogP contribution in [-0.2, 0) is 9.53 Å². The molecule has 6 nitrogen and oxygen atoms in total. The maximum Gasteiger partial charge on any atom is 0.248 e. The second-order valence-electron chi connectivity index (χ2n) is 5.70. The topological polar surface area (TPSA) is 67.4 Å². The molecule has 1 fully saturated rings. The summed E-state index contributed by atoms with van der Waals surface area (Å²) >= 11 is 0. The number of nitrogens with one attached hydrogen (secondary N) is 1. The molecule has 0 bridgehead atoms. The van der Waals surface area contributed by atoms with Gasteiger partial charge in [0.2, 0.25) is 5.91 Å². The van der Waals surface area contributed by atoms with Crippen LogP contribution < -0.4 is 4.74 Å². The molecule has 23 heavy (non-hydrogen) atoms. The number of amides is 1. The molecule has 3 rings (SSSR count). The van der Waals surface area contributed by atoms with Gasteiger partial charge in [0, 0.05) is 37.4 Å². The molecule has 1 amide bonds. The lowest BCUT2D eigenvalue weighted by atomic mass is 10.0. The molecule has 1 atom stereocenters. The first-order chi connectivity index (χ1) is 11.2. The minimum absolute atomic E-state index is 0.0462. The Labute approximate surface area is 135 Å². The average Bonchev–Trinajstić information content (AvgIpc) is 3.24. The standard InChI is InChI=1S/C17H21N3O3/c1-22-11-17(21)20-8-7-13(10-20)16-9-15(18-19-16)12-3-5-14(23-2)6-4-12/h3-6,9,13H,7-8,10-11H2,1-2H3,(H,18,19)/t13-/m1/s1. The van der Waals surface area contributed by atoms with Gasteiger partial charge in [-0.3, -0.25) is 9.89 Å². The van der Waals surface area contributed by atoms with Gasteiger partial charge >= 0.3 is 0 Å². The highest BCUT2D eigenvalue weighted by atomic mass is 16.5. The number of H-pyrrole nitrogens is 1. The highest BCUT2D eigenvalue weighted by molar-refractivity contribution is 5.77.